The Morgan fingerprint density at radius 3 is 2.84 bits per heavy atom. The summed E-state index contributed by atoms with van der Waals surface area (Å²) in [6.45, 7) is 1.08. The number of anilines is 1. The topological polar surface area (TPSA) is 69.6 Å². The molecule has 0 saturated carbocycles. The van der Waals surface area contributed by atoms with Gasteiger partial charge in [-0.15, -0.1) is 0 Å². The van der Waals surface area contributed by atoms with Gasteiger partial charge in [-0.3, -0.25) is 4.79 Å². The lowest BCUT2D eigenvalue weighted by Gasteiger charge is -2.29. The monoisotopic (exact) mass is 262 g/mol. The highest BCUT2D eigenvalue weighted by Crippen LogP contribution is 2.27. The van der Waals surface area contributed by atoms with E-state index in [1.807, 2.05) is 23.1 Å². The van der Waals surface area contributed by atoms with Crippen molar-refractivity contribution in [2.75, 3.05) is 18.0 Å². The maximum absolute atomic E-state index is 11.9. The summed E-state index contributed by atoms with van der Waals surface area (Å²) in [6, 6.07) is 7.96. The fourth-order valence-electron chi connectivity index (χ4n) is 2.33. The molecule has 1 aliphatic rings. The third-order valence-corrected chi connectivity index (χ3v) is 3.28. The zero-order valence-corrected chi connectivity index (χ0v) is 10.8. The maximum Gasteiger partial charge on any atom is 0.404 e. The molecule has 0 fully saturated rings. The van der Waals surface area contributed by atoms with Gasteiger partial charge in [0.15, 0.2) is 0 Å². The lowest BCUT2D eigenvalue weighted by molar-refractivity contribution is -0.118. The molecule has 5 nitrogen and oxygen atoms in total. The number of benzene rings is 1. The van der Waals surface area contributed by atoms with Gasteiger partial charge in [0, 0.05) is 25.2 Å². The molecular formula is C14H18N2O3. The first-order valence-corrected chi connectivity index (χ1v) is 6.53. The zero-order chi connectivity index (χ0) is 13.7. The van der Waals surface area contributed by atoms with Gasteiger partial charge >= 0.3 is 6.09 Å². The van der Waals surface area contributed by atoms with Crippen LogP contribution >= 0.6 is 0 Å². The van der Waals surface area contributed by atoms with Crippen LogP contribution in [0, 0.1) is 0 Å². The predicted molar refractivity (Wildman–Crippen MR) is 72.4 cm³/mol. The fraction of sp³-hybridized carbons (Fsp3) is 0.429. The van der Waals surface area contributed by atoms with Crippen molar-refractivity contribution in [2.24, 2.45) is 0 Å². The molecule has 1 aromatic rings. The molecule has 0 spiro atoms. The molecule has 0 radical (unpaired) electrons. The van der Waals surface area contributed by atoms with E-state index in [9.17, 15) is 9.59 Å². The van der Waals surface area contributed by atoms with E-state index in [-0.39, 0.29) is 5.91 Å². The number of para-hydroxylation sites is 1. The quantitative estimate of drug-likeness (QED) is 0.797. The number of amides is 2. The summed E-state index contributed by atoms with van der Waals surface area (Å²) in [7, 11) is 0. The molecule has 1 aliphatic heterocycles. The van der Waals surface area contributed by atoms with Gasteiger partial charge in [0.25, 0.3) is 0 Å². The van der Waals surface area contributed by atoms with Crippen molar-refractivity contribution in [3.63, 3.8) is 0 Å². The zero-order valence-electron chi connectivity index (χ0n) is 10.8. The Morgan fingerprint density at radius 2 is 2.05 bits per heavy atom. The largest absolute Gasteiger partial charge is 0.465 e. The Kier molecular flexibility index (Phi) is 4.39. The van der Waals surface area contributed by atoms with E-state index < -0.39 is 6.09 Å². The van der Waals surface area contributed by atoms with Crippen LogP contribution in [-0.4, -0.2) is 30.2 Å². The van der Waals surface area contributed by atoms with Crippen molar-refractivity contribution in [3.05, 3.63) is 29.8 Å². The number of carbonyl (C=O) groups is 2. The summed E-state index contributed by atoms with van der Waals surface area (Å²) < 4.78 is 0. The van der Waals surface area contributed by atoms with Gasteiger partial charge in [0.1, 0.15) is 0 Å². The Balaban J connectivity index is 1.89. The number of fused-ring (bicyclic) bond motifs is 1. The van der Waals surface area contributed by atoms with Crippen molar-refractivity contribution in [1.82, 2.24) is 5.32 Å². The van der Waals surface area contributed by atoms with Crippen LogP contribution in [0.2, 0.25) is 0 Å². The Hall–Kier alpha value is -2.04. The molecule has 102 valence electrons. The first kappa shape index (κ1) is 13.4. The van der Waals surface area contributed by atoms with Gasteiger partial charge in [-0.25, -0.2) is 4.79 Å². The third-order valence-electron chi connectivity index (χ3n) is 3.28. The molecule has 1 aromatic carbocycles. The van der Waals surface area contributed by atoms with Gasteiger partial charge in [-0.2, -0.15) is 0 Å². The normalized spacial score (nSPS) is 14.1. The van der Waals surface area contributed by atoms with Crippen molar-refractivity contribution < 1.29 is 14.7 Å². The molecule has 0 atom stereocenters. The average Bonchev–Trinajstić information content (AvgIpc) is 2.40. The minimum absolute atomic E-state index is 0.157. The van der Waals surface area contributed by atoms with E-state index in [1.165, 1.54) is 5.56 Å². The van der Waals surface area contributed by atoms with E-state index in [0.29, 0.717) is 19.5 Å². The lowest BCUT2D eigenvalue weighted by Crippen LogP contribution is -2.36. The van der Waals surface area contributed by atoms with E-state index >= 15 is 0 Å². The maximum atomic E-state index is 11.9. The summed E-state index contributed by atoms with van der Waals surface area (Å²) in [5.74, 6) is 0.157. The summed E-state index contributed by atoms with van der Waals surface area (Å²) in [5.41, 5.74) is 2.22. The standard InChI is InChI=1S/C14H18N2O3/c17-13-8-7-11-5-1-2-6-12(11)16(13)10-4-3-9-15-14(18)19/h1-2,5-6,15H,3-4,7-10H2,(H,18,19). The summed E-state index contributed by atoms with van der Waals surface area (Å²) >= 11 is 0. The number of aryl methyl sites for hydroxylation is 1. The van der Waals surface area contributed by atoms with Gasteiger partial charge in [0.05, 0.1) is 0 Å². The van der Waals surface area contributed by atoms with Gasteiger partial charge in [0.2, 0.25) is 5.91 Å². The second kappa shape index (κ2) is 6.22. The van der Waals surface area contributed by atoms with Crippen molar-refractivity contribution in [1.29, 1.82) is 0 Å². The lowest BCUT2D eigenvalue weighted by atomic mass is 10.0. The third kappa shape index (κ3) is 3.47. The Morgan fingerprint density at radius 1 is 1.26 bits per heavy atom. The van der Waals surface area contributed by atoms with E-state index in [4.69, 9.17) is 5.11 Å². The van der Waals surface area contributed by atoms with Crippen molar-refractivity contribution >= 4 is 17.7 Å². The van der Waals surface area contributed by atoms with E-state index in [0.717, 1.165) is 24.9 Å². The molecule has 0 saturated heterocycles. The highest BCUT2D eigenvalue weighted by molar-refractivity contribution is 5.96. The molecule has 19 heavy (non-hydrogen) atoms. The van der Waals surface area contributed by atoms with Gasteiger partial charge in [-0.05, 0) is 30.9 Å². The number of carboxylic acid groups (broad SMARTS) is 1. The van der Waals surface area contributed by atoms with Crippen LogP contribution in [0.5, 0.6) is 0 Å². The first-order valence-electron chi connectivity index (χ1n) is 6.53. The van der Waals surface area contributed by atoms with Crippen LogP contribution in [0.1, 0.15) is 24.8 Å². The molecule has 0 unspecified atom stereocenters. The fourth-order valence-corrected chi connectivity index (χ4v) is 2.33. The number of nitrogens with one attached hydrogen (secondary N) is 1. The molecule has 0 aromatic heterocycles. The highest BCUT2D eigenvalue weighted by atomic mass is 16.4. The van der Waals surface area contributed by atoms with E-state index in [2.05, 4.69) is 11.4 Å². The Labute approximate surface area is 112 Å². The second-order valence-electron chi connectivity index (χ2n) is 4.61. The molecular weight excluding hydrogens is 244 g/mol. The number of hydrogen-bond donors (Lipinski definition) is 2. The number of unbranched alkanes of at least 4 members (excludes halogenated alkanes) is 1. The predicted octanol–water partition coefficient (Wildman–Crippen LogP) is 2.01. The molecule has 2 rings (SSSR count). The van der Waals surface area contributed by atoms with Crippen LogP contribution in [0.3, 0.4) is 0 Å². The molecule has 2 N–H and O–H groups in total. The minimum Gasteiger partial charge on any atom is -0.465 e. The van der Waals surface area contributed by atoms with Crippen LogP contribution < -0.4 is 10.2 Å². The molecule has 0 bridgehead atoms. The van der Waals surface area contributed by atoms with Gasteiger partial charge < -0.3 is 15.3 Å². The van der Waals surface area contributed by atoms with Crippen LogP contribution in [-0.2, 0) is 11.2 Å². The van der Waals surface area contributed by atoms with Crippen molar-refractivity contribution in [3.8, 4) is 0 Å². The SMILES string of the molecule is O=C(O)NCCCCN1C(=O)CCc2ccccc21. The first-order chi connectivity index (χ1) is 9.18. The Bertz CT molecular complexity index is 474. The van der Waals surface area contributed by atoms with Crippen LogP contribution in [0.15, 0.2) is 24.3 Å². The number of hydrogen-bond acceptors (Lipinski definition) is 2. The van der Waals surface area contributed by atoms with Crippen LogP contribution in [0.25, 0.3) is 0 Å². The highest BCUT2D eigenvalue weighted by Gasteiger charge is 2.22. The number of rotatable bonds is 5. The van der Waals surface area contributed by atoms with Gasteiger partial charge in [-0.1, -0.05) is 18.2 Å². The molecule has 0 aliphatic carbocycles. The number of nitrogens with zero attached hydrogens (tertiary/aromatic N) is 1. The summed E-state index contributed by atoms with van der Waals surface area (Å²) in [5, 5.41) is 10.8. The minimum atomic E-state index is -1.00. The molecule has 2 amide bonds. The van der Waals surface area contributed by atoms with Crippen molar-refractivity contribution in [2.45, 2.75) is 25.7 Å². The summed E-state index contributed by atoms with van der Waals surface area (Å²) in [4.78, 5) is 24.1. The molecule has 5 heteroatoms. The number of carbonyl (C=O) groups excluding carboxylic acids is 1. The smallest absolute Gasteiger partial charge is 0.404 e. The van der Waals surface area contributed by atoms with Crippen LogP contribution in [0.4, 0.5) is 10.5 Å². The summed E-state index contributed by atoms with van der Waals surface area (Å²) in [6.07, 6.45) is 1.90. The second-order valence-corrected chi connectivity index (χ2v) is 4.61. The average molecular weight is 262 g/mol. The molecule has 1 heterocycles. The van der Waals surface area contributed by atoms with E-state index in [1.54, 1.807) is 0 Å².